The summed E-state index contributed by atoms with van der Waals surface area (Å²) in [6, 6.07) is 41.7. The number of para-hydroxylation sites is 4. The molecule has 0 saturated carbocycles. The monoisotopic (exact) mass is 436 g/mol. The van der Waals surface area contributed by atoms with Crippen molar-refractivity contribution in [2.75, 3.05) is 0 Å². The van der Waals surface area contributed by atoms with E-state index in [2.05, 4.69) is 131 Å². The van der Waals surface area contributed by atoms with Crippen LogP contribution < -0.4 is 0 Å². The van der Waals surface area contributed by atoms with E-state index in [1.807, 2.05) is 0 Å². The van der Waals surface area contributed by atoms with Crippen LogP contribution in [-0.2, 0) is 6.42 Å². The average molecular weight is 437 g/mol. The first-order valence-electron chi connectivity index (χ1n) is 12.0. The van der Waals surface area contributed by atoms with Crippen molar-refractivity contribution in [1.82, 2.24) is 9.13 Å². The molecule has 0 aliphatic carbocycles. The van der Waals surface area contributed by atoms with Gasteiger partial charge in [0.25, 0.3) is 0 Å². The molecule has 0 fully saturated rings. The summed E-state index contributed by atoms with van der Waals surface area (Å²) in [4.78, 5) is 0. The summed E-state index contributed by atoms with van der Waals surface area (Å²) in [6.45, 7) is 2.27. The molecule has 2 nitrogen and oxygen atoms in total. The topological polar surface area (TPSA) is 9.86 Å². The van der Waals surface area contributed by atoms with Gasteiger partial charge in [0.2, 0.25) is 0 Å². The Morgan fingerprint density at radius 1 is 0.412 bits per heavy atom. The number of fused-ring (bicyclic) bond motifs is 6. The van der Waals surface area contributed by atoms with E-state index in [1.165, 1.54) is 60.5 Å². The summed E-state index contributed by atoms with van der Waals surface area (Å²) in [5.41, 5.74) is 8.84. The fourth-order valence-electron chi connectivity index (χ4n) is 5.71. The van der Waals surface area contributed by atoms with Crippen LogP contribution in [0.3, 0.4) is 0 Å². The predicted molar refractivity (Wildman–Crippen MR) is 144 cm³/mol. The van der Waals surface area contributed by atoms with Crippen molar-refractivity contribution in [3.8, 4) is 11.4 Å². The minimum absolute atomic E-state index is 0.938. The molecule has 0 radical (unpaired) electrons. The van der Waals surface area contributed by atoms with Gasteiger partial charge in [0.15, 0.2) is 0 Å². The van der Waals surface area contributed by atoms with Gasteiger partial charge in [-0.2, -0.15) is 0 Å². The van der Waals surface area contributed by atoms with E-state index in [-0.39, 0.29) is 0 Å². The van der Waals surface area contributed by atoms with Gasteiger partial charge in [-0.25, -0.2) is 0 Å². The lowest BCUT2D eigenvalue weighted by Crippen LogP contribution is -2.05. The average Bonchev–Trinajstić information content (AvgIpc) is 3.41. The van der Waals surface area contributed by atoms with Crippen LogP contribution in [0.1, 0.15) is 12.5 Å². The van der Waals surface area contributed by atoms with Crippen molar-refractivity contribution < 1.29 is 0 Å². The third kappa shape index (κ3) is 2.57. The van der Waals surface area contributed by atoms with E-state index < -0.39 is 0 Å². The lowest BCUT2D eigenvalue weighted by Gasteiger charge is -2.18. The van der Waals surface area contributed by atoms with Crippen molar-refractivity contribution in [2.45, 2.75) is 13.3 Å². The molecule has 0 saturated heterocycles. The van der Waals surface area contributed by atoms with E-state index >= 15 is 0 Å². The van der Waals surface area contributed by atoms with Crippen molar-refractivity contribution in [3.63, 3.8) is 0 Å². The van der Waals surface area contributed by atoms with Gasteiger partial charge in [-0.05, 0) is 48.4 Å². The maximum Gasteiger partial charge on any atom is 0.0541 e. The third-order valence-electron chi connectivity index (χ3n) is 7.12. The van der Waals surface area contributed by atoms with Crippen molar-refractivity contribution in [2.24, 2.45) is 0 Å². The molecule has 0 spiro atoms. The van der Waals surface area contributed by atoms with Crippen molar-refractivity contribution in [3.05, 3.63) is 121 Å². The quantitative estimate of drug-likeness (QED) is 0.263. The third-order valence-corrected chi connectivity index (χ3v) is 7.12. The van der Waals surface area contributed by atoms with Crippen LogP contribution in [0.25, 0.3) is 55.0 Å². The lowest BCUT2D eigenvalue weighted by atomic mass is 10.1. The second-order valence-corrected chi connectivity index (χ2v) is 8.87. The molecule has 0 unspecified atom stereocenters. The van der Waals surface area contributed by atoms with Crippen LogP contribution in [-0.4, -0.2) is 9.13 Å². The second-order valence-electron chi connectivity index (χ2n) is 8.87. The summed E-state index contributed by atoms with van der Waals surface area (Å²) < 4.78 is 4.89. The summed E-state index contributed by atoms with van der Waals surface area (Å²) >= 11 is 0. The van der Waals surface area contributed by atoms with Gasteiger partial charge in [-0.3, -0.25) is 0 Å². The number of aromatic nitrogens is 2. The van der Waals surface area contributed by atoms with Gasteiger partial charge in [-0.1, -0.05) is 85.8 Å². The first-order valence-corrected chi connectivity index (χ1v) is 12.0. The molecule has 2 heterocycles. The molecule has 0 bridgehead atoms. The summed E-state index contributed by atoms with van der Waals surface area (Å²) in [5, 5.41) is 5.18. The van der Waals surface area contributed by atoms with Crippen LogP contribution in [0.2, 0.25) is 0 Å². The molecule has 0 aliphatic rings. The normalized spacial score (nSPS) is 11.8. The second kappa shape index (κ2) is 7.36. The molecule has 7 aromatic rings. The van der Waals surface area contributed by atoms with E-state index in [0.717, 1.165) is 6.42 Å². The molecule has 34 heavy (non-hydrogen) atoms. The molecule has 5 aromatic carbocycles. The first-order chi connectivity index (χ1) is 16.9. The van der Waals surface area contributed by atoms with Gasteiger partial charge in [0.05, 0.1) is 33.4 Å². The summed E-state index contributed by atoms with van der Waals surface area (Å²) in [5.74, 6) is 0. The van der Waals surface area contributed by atoms with Crippen LogP contribution in [0.5, 0.6) is 0 Å². The fourth-order valence-corrected chi connectivity index (χ4v) is 5.71. The van der Waals surface area contributed by atoms with E-state index in [1.54, 1.807) is 0 Å². The van der Waals surface area contributed by atoms with Gasteiger partial charge in [0, 0.05) is 21.5 Å². The van der Waals surface area contributed by atoms with Crippen molar-refractivity contribution >= 4 is 43.6 Å². The zero-order valence-electron chi connectivity index (χ0n) is 19.1. The standard InChI is InChI=1S/C32H24N2/c1-2-22-27(33-29-16-7-3-12-23(29)24-13-4-8-17-30(24)33)20-11-21-28(22)34-31-18-9-5-14-25(31)26-15-6-10-19-32(26)34/h3-21H,2H2,1H3. The Hall–Kier alpha value is -4.30. The lowest BCUT2D eigenvalue weighted by molar-refractivity contribution is 1.02. The number of hydrogen-bond acceptors (Lipinski definition) is 0. The highest BCUT2D eigenvalue weighted by atomic mass is 15.0. The maximum atomic E-state index is 2.45. The van der Waals surface area contributed by atoms with Gasteiger partial charge < -0.3 is 9.13 Å². The minimum Gasteiger partial charge on any atom is -0.309 e. The number of benzene rings is 5. The van der Waals surface area contributed by atoms with E-state index in [0.29, 0.717) is 0 Å². The van der Waals surface area contributed by atoms with Gasteiger partial charge in [0.1, 0.15) is 0 Å². The Bertz CT molecular complexity index is 1610. The smallest absolute Gasteiger partial charge is 0.0541 e. The molecule has 2 heteroatoms. The van der Waals surface area contributed by atoms with E-state index in [4.69, 9.17) is 0 Å². The van der Waals surface area contributed by atoms with Gasteiger partial charge in [-0.15, -0.1) is 0 Å². The number of nitrogens with zero attached hydrogens (tertiary/aromatic N) is 2. The summed E-state index contributed by atoms with van der Waals surface area (Å²) in [6.07, 6.45) is 0.938. The molecule has 0 atom stereocenters. The summed E-state index contributed by atoms with van der Waals surface area (Å²) in [7, 11) is 0. The van der Waals surface area contributed by atoms with Gasteiger partial charge >= 0.3 is 0 Å². The Morgan fingerprint density at radius 2 is 0.735 bits per heavy atom. The highest BCUT2D eigenvalue weighted by Crippen LogP contribution is 2.37. The van der Waals surface area contributed by atoms with Crippen LogP contribution in [0.15, 0.2) is 115 Å². The largest absolute Gasteiger partial charge is 0.309 e. The highest BCUT2D eigenvalue weighted by molar-refractivity contribution is 6.10. The first kappa shape index (κ1) is 19.2. The van der Waals surface area contributed by atoms with Crippen LogP contribution in [0, 0.1) is 0 Å². The number of hydrogen-bond donors (Lipinski definition) is 0. The maximum absolute atomic E-state index is 2.45. The highest BCUT2D eigenvalue weighted by Gasteiger charge is 2.18. The molecular weight excluding hydrogens is 412 g/mol. The molecule has 2 aromatic heterocycles. The molecule has 0 N–H and O–H groups in total. The van der Waals surface area contributed by atoms with E-state index in [9.17, 15) is 0 Å². The minimum atomic E-state index is 0.938. The molecule has 7 rings (SSSR count). The molecule has 0 amide bonds. The van der Waals surface area contributed by atoms with Crippen LogP contribution >= 0.6 is 0 Å². The molecular formula is C32H24N2. The Labute approximate surface area is 198 Å². The van der Waals surface area contributed by atoms with Crippen LogP contribution in [0.4, 0.5) is 0 Å². The Balaban J connectivity index is 1.62. The SMILES string of the molecule is CCc1c(-n2c3ccccc3c3ccccc32)cccc1-n1c2ccccc2c2ccccc21. The zero-order valence-corrected chi connectivity index (χ0v) is 19.1. The predicted octanol–water partition coefficient (Wildman–Crippen LogP) is 8.44. The fraction of sp³-hybridized carbons (Fsp3) is 0.0625. The zero-order chi connectivity index (χ0) is 22.6. The van der Waals surface area contributed by atoms with Crippen molar-refractivity contribution in [1.29, 1.82) is 0 Å². The molecule has 0 aliphatic heterocycles. The molecule has 162 valence electrons. The number of rotatable bonds is 3. The Kier molecular flexibility index (Phi) is 4.16. The Morgan fingerprint density at radius 3 is 1.06 bits per heavy atom.